The van der Waals surface area contributed by atoms with Crippen LogP contribution in [-0.4, -0.2) is 17.3 Å². The predicted molar refractivity (Wildman–Crippen MR) is 94.9 cm³/mol. The molecule has 0 saturated heterocycles. The van der Waals surface area contributed by atoms with Crippen LogP contribution in [-0.2, 0) is 0 Å². The maximum atomic E-state index is 4.43. The molecule has 4 heteroatoms. The zero-order valence-corrected chi connectivity index (χ0v) is 14.9. The Labute approximate surface area is 139 Å². The highest BCUT2D eigenvalue weighted by molar-refractivity contribution is 9.10. The second-order valence-corrected chi connectivity index (χ2v) is 6.83. The summed E-state index contributed by atoms with van der Waals surface area (Å²) in [5, 5.41) is 4.70. The number of pyridine rings is 1. The van der Waals surface area contributed by atoms with Crippen molar-refractivity contribution in [3.63, 3.8) is 0 Å². The zero-order valence-electron chi connectivity index (χ0n) is 12.5. The Morgan fingerprint density at radius 1 is 1.24 bits per heavy atom. The summed E-state index contributed by atoms with van der Waals surface area (Å²) in [7, 11) is 0. The van der Waals surface area contributed by atoms with Gasteiger partial charge in [-0.05, 0) is 59.1 Å². The van der Waals surface area contributed by atoms with Crippen LogP contribution in [0.2, 0.25) is 0 Å². The van der Waals surface area contributed by atoms with Crippen LogP contribution in [0.4, 0.5) is 0 Å². The van der Waals surface area contributed by atoms with Crippen molar-refractivity contribution < 1.29 is 0 Å². The smallest absolute Gasteiger partial charge is 0.110 e. The van der Waals surface area contributed by atoms with Crippen molar-refractivity contribution in [2.24, 2.45) is 0 Å². The number of hydrogen-bond donors (Lipinski definition) is 1. The van der Waals surface area contributed by atoms with E-state index in [1.165, 1.54) is 11.1 Å². The van der Waals surface area contributed by atoms with Crippen LogP contribution in [0.3, 0.4) is 0 Å². The van der Waals surface area contributed by atoms with E-state index in [2.05, 4.69) is 64.3 Å². The molecule has 0 aliphatic carbocycles. The normalized spacial score (nSPS) is 12.3. The Hall–Kier alpha value is -0.840. The average Bonchev–Trinajstić information content (AvgIpc) is 2.50. The van der Waals surface area contributed by atoms with Crippen molar-refractivity contribution in [2.75, 3.05) is 12.3 Å². The summed E-state index contributed by atoms with van der Waals surface area (Å²) in [6, 6.07) is 12.9. The molecule has 0 saturated carbocycles. The summed E-state index contributed by atoms with van der Waals surface area (Å²) in [4.78, 5) is 4.43. The SMILES string of the molecule is CCCNC(CSc1ncccc1Br)c1ccccc1C. The highest BCUT2D eigenvalue weighted by Crippen LogP contribution is 2.29. The molecular weight excluding hydrogens is 344 g/mol. The lowest BCUT2D eigenvalue weighted by Crippen LogP contribution is -2.24. The van der Waals surface area contributed by atoms with Gasteiger partial charge in [0, 0.05) is 22.5 Å². The second kappa shape index (κ2) is 8.57. The van der Waals surface area contributed by atoms with E-state index >= 15 is 0 Å². The number of aromatic nitrogens is 1. The topological polar surface area (TPSA) is 24.9 Å². The van der Waals surface area contributed by atoms with Crippen LogP contribution in [0.1, 0.15) is 30.5 Å². The number of rotatable bonds is 7. The van der Waals surface area contributed by atoms with E-state index < -0.39 is 0 Å². The van der Waals surface area contributed by atoms with Crippen LogP contribution >= 0.6 is 27.7 Å². The summed E-state index contributed by atoms with van der Waals surface area (Å²) in [5.41, 5.74) is 2.72. The van der Waals surface area contributed by atoms with Crippen molar-refractivity contribution in [3.8, 4) is 0 Å². The molecule has 0 aliphatic heterocycles. The molecule has 0 spiro atoms. The molecule has 0 radical (unpaired) electrons. The summed E-state index contributed by atoms with van der Waals surface area (Å²) < 4.78 is 1.06. The van der Waals surface area contributed by atoms with Gasteiger partial charge in [0.1, 0.15) is 5.03 Å². The maximum absolute atomic E-state index is 4.43. The fourth-order valence-electron chi connectivity index (χ4n) is 2.19. The standard InChI is InChI=1S/C17H21BrN2S/c1-3-10-19-16(14-8-5-4-7-13(14)2)12-21-17-15(18)9-6-11-20-17/h4-9,11,16,19H,3,10,12H2,1-2H3. The van der Waals surface area contributed by atoms with Crippen molar-refractivity contribution in [3.05, 3.63) is 58.2 Å². The third kappa shape index (κ3) is 4.83. The number of benzene rings is 1. The molecule has 2 rings (SSSR count). The van der Waals surface area contributed by atoms with Crippen LogP contribution in [0.5, 0.6) is 0 Å². The lowest BCUT2D eigenvalue weighted by atomic mass is 10.0. The molecule has 2 aromatic rings. The molecule has 112 valence electrons. The highest BCUT2D eigenvalue weighted by Gasteiger charge is 2.14. The molecule has 0 fully saturated rings. The van der Waals surface area contributed by atoms with Gasteiger partial charge in [-0.25, -0.2) is 4.98 Å². The van der Waals surface area contributed by atoms with Gasteiger partial charge in [0.25, 0.3) is 0 Å². The van der Waals surface area contributed by atoms with Gasteiger partial charge in [0.05, 0.1) is 0 Å². The van der Waals surface area contributed by atoms with Gasteiger partial charge in [0.2, 0.25) is 0 Å². The minimum Gasteiger partial charge on any atom is -0.309 e. The summed E-state index contributed by atoms with van der Waals surface area (Å²) >= 11 is 5.35. The summed E-state index contributed by atoms with van der Waals surface area (Å²) in [6.45, 7) is 5.41. The Bertz CT molecular complexity index is 574. The summed E-state index contributed by atoms with van der Waals surface area (Å²) in [6.07, 6.45) is 2.98. The molecule has 0 bridgehead atoms. The lowest BCUT2D eigenvalue weighted by molar-refractivity contribution is 0.575. The number of hydrogen-bond acceptors (Lipinski definition) is 3. The summed E-state index contributed by atoms with van der Waals surface area (Å²) in [5.74, 6) is 0.973. The molecule has 1 unspecified atom stereocenters. The molecule has 2 nitrogen and oxygen atoms in total. The van der Waals surface area contributed by atoms with E-state index in [0.717, 1.165) is 28.2 Å². The molecule has 0 aliphatic rings. The third-order valence-corrected chi connectivity index (χ3v) is 5.32. The van der Waals surface area contributed by atoms with Crippen LogP contribution in [0.25, 0.3) is 0 Å². The molecule has 0 amide bonds. The van der Waals surface area contributed by atoms with Crippen LogP contribution in [0, 0.1) is 6.92 Å². The second-order valence-electron chi connectivity index (χ2n) is 4.96. The van der Waals surface area contributed by atoms with E-state index in [0.29, 0.717) is 6.04 Å². The Morgan fingerprint density at radius 2 is 2.05 bits per heavy atom. The van der Waals surface area contributed by atoms with Gasteiger partial charge < -0.3 is 5.32 Å². The first-order valence-corrected chi connectivity index (χ1v) is 9.02. The first kappa shape index (κ1) is 16.5. The molecule has 1 atom stereocenters. The van der Waals surface area contributed by atoms with Gasteiger partial charge in [-0.15, -0.1) is 11.8 Å². The average molecular weight is 365 g/mol. The van der Waals surface area contributed by atoms with Gasteiger partial charge >= 0.3 is 0 Å². The molecule has 1 N–H and O–H groups in total. The number of nitrogens with zero attached hydrogens (tertiary/aromatic N) is 1. The zero-order chi connectivity index (χ0) is 15.1. The van der Waals surface area contributed by atoms with Crippen molar-refractivity contribution >= 4 is 27.7 Å². The number of halogens is 1. The van der Waals surface area contributed by atoms with Crippen molar-refractivity contribution in [2.45, 2.75) is 31.3 Å². The van der Waals surface area contributed by atoms with E-state index in [4.69, 9.17) is 0 Å². The largest absolute Gasteiger partial charge is 0.309 e. The van der Waals surface area contributed by atoms with E-state index in [-0.39, 0.29) is 0 Å². The van der Waals surface area contributed by atoms with Crippen LogP contribution in [0.15, 0.2) is 52.1 Å². The third-order valence-electron chi connectivity index (χ3n) is 3.32. The minimum absolute atomic E-state index is 0.352. The van der Waals surface area contributed by atoms with Crippen molar-refractivity contribution in [1.29, 1.82) is 0 Å². The first-order valence-electron chi connectivity index (χ1n) is 7.24. The monoisotopic (exact) mass is 364 g/mol. The highest BCUT2D eigenvalue weighted by atomic mass is 79.9. The fourth-order valence-corrected chi connectivity index (χ4v) is 3.76. The van der Waals surface area contributed by atoms with Gasteiger partial charge in [0.15, 0.2) is 0 Å². The quantitative estimate of drug-likeness (QED) is 0.700. The Balaban J connectivity index is 2.10. The van der Waals surface area contributed by atoms with Gasteiger partial charge in [-0.3, -0.25) is 0 Å². The van der Waals surface area contributed by atoms with Crippen molar-refractivity contribution in [1.82, 2.24) is 10.3 Å². The molecule has 1 heterocycles. The lowest BCUT2D eigenvalue weighted by Gasteiger charge is -2.20. The minimum atomic E-state index is 0.352. The first-order chi connectivity index (χ1) is 10.2. The predicted octanol–water partition coefficient (Wildman–Crippen LogP) is 4.99. The molecular formula is C17H21BrN2S. The fraction of sp³-hybridized carbons (Fsp3) is 0.353. The number of nitrogens with one attached hydrogen (secondary N) is 1. The van der Waals surface area contributed by atoms with Gasteiger partial charge in [-0.2, -0.15) is 0 Å². The maximum Gasteiger partial charge on any atom is 0.110 e. The van der Waals surface area contributed by atoms with E-state index in [1.54, 1.807) is 11.8 Å². The van der Waals surface area contributed by atoms with E-state index in [1.807, 2.05) is 18.3 Å². The Kier molecular flexibility index (Phi) is 6.74. The number of thioether (sulfide) groups is 1. The van der Waals surface area contributed by atoms with E-state index in [9.17, 15) is 0 Å². The molecule has 21 heavy (non-hydrogen) atoms. The molecule has 1 aromatic heterocycles. The molecule has 1 aromatic carbocycles. The van der Waals surface area contributed by atoms with Gasteiger partial charge in [-0.1, -0.05) is 31.2 Å². The number of aryl methyl sites for hydroxylation is 1. The van der Waals surface area contributed by atoms with Crippen LogP contribution < -0.4 is 5.32 Å². The Morgan fingerprint density at radius 3 is 2.76 bits per heavy atom.